The Bertz CT molecular complexity index is 879. The smallest absolute Gasteiger partial charge is 0.274 e. The van der Waals surface area contributed by atoms with E-state index < -0.39 is 0 Å². The fourth-order valence-corrected chi connectivity index (χ4v) is 5.07. The number of hydrogen-bond donors (Lipinski definition) is 1. The maximum atomic E-state index is 12.9. The summed E-state index contributed by atoms with van der Waals surface area (Å²) in [5, 5.41) is 8.62. The van der Waals surface area contributed by atoms with E-state index in [1.165, 1.54) is 54.5 Å². The van der Waals surface area contributed by atoms with Gasteiger partial charge in [0.2, 0.25) is 0 Å². The van der Waals surface area contributed by atoms with Crippen LogP contribution in [-0.2, 0) is 25.9 Å². The van der Waals surface area contributed by atoms with Crippen molar-refractivity contribution in [3.05, 3.63) is 52.3 Å². The van der Waals surface area contributed by atoms with Crippen LogP contribution in [0.1, 0.15) is 71.4 Å². The molecule has 2 aromatic rings. The van der Waals surface area contributed by atoms with Gasteiger partial charge in [-0.3, -0.25) is 9.48 Å². The third kappa shape index (κ3) is 4.61. The number of aryl methyl sites for hydroxylation is 1. The van der Waals surface area contributed by atoms with Gasteiger partial charge in [-0.25, -0.2) is 0 Å². The van der Waals surface area contributed by atoms with Crippen LogP contribution in [0.5, 0.6) is 0 Å². The zero-order valence-corrected chi connectivity index (χ0v) is 18.8. The van der Waals surface area contributed by atoms with Crippen molar-refractivity contribution in [2.75, 3.05) is 14.1 Å². The minimum Gasteiger partial charge on any atom is -0.343 e. The maximum Gasteiger partial charge on any atom is 0.274 e. The van der Waals surface area contributed by atoms with Gasteiger partial charge in [0.1, 0.15) is 0 Å². The first kappa shape index (κ1) is 21.1. The van der Waals surface area contributed by atoms with Crippen LogP contribution < -0.4 is 5.32 Å². The highest BCUT2D eigenvalue weighted by molar-refractivity contribution is 5.93. The van der Waals surface area contributed by atoms with E-state index in [1.807, 2.05) is 14.1 Å². The van der Waals surface area contributed by atoms with Gasteiger partial charge < -0.3 is 10.2 Å². The molecule has 162 valence electrons. The predicted octanol–water partition coefficient (Wildman–Crippen LogP) is 4.12. The zero-order chi connectivity index (χ0) is 21.1. The fraction of sp³-hybridized carbons (Fsp3) is 0.600. The molecule has 1 heterocycles. The molecule has 0 aliphatic heterocycles. The quantitative estimate of drug-likeness (QED) is 0.782. The van der Waals surface area contributed by atoms with Crippen molar-refractivity contribution in [2.24, 2.45) is 5.92 Å². The predicted molar refractivity (Wildman–Crippen MR) is 121 cm³/mol. The van der Waals surface area contributed by atoms with E-state index in [2.05, 4.69) is 41.2 Å². The van der Waals surface area contributed by atoms with Crippen LogP contribution in [0.4, 0.5) is 0 Å². The number of fused-ring (bicyclic) bond motifs is 1. The molecule has 1 N–H and O–H groups in total. The number of nitrogens with one attached hydrogen (secondary N) is 1. The van der Waals surface area contributed by atoms with Crippen molar-refractivity contribution < 1.29 is 4.79 Å². The summed E-state index contributed by atoms with van der Waals surface area (Å²) in [6.07, 6.45) is 9.63. The molecule has 1 saturated carbocycles. The Hall–Kier alpha value is -2.14. The van der Waals surface area contributed by atoms with Gasteiger partial charge in [-0.05, 0) is 56.1 Å². The van der Waals surface area contributed by atoms with E-state index in [1.54, 1.807) is 4.90 Å². The summed E-state index contributed by atoms with van der Waals surface area (Å²) in [4.78, 5) is 14.5. The van der Waals surface area contributed by atoms with Crippen LogP contribution in [0.3, 0.4) is 0 Å². The molecule has 4 rings (SSSR count). The van der Waals surface area contributed by atoms with Gasteiger partial charge in [0.05, 0.1) is 0 Å². The third-order valence-electron chi connectivity index (χ3n) is 6.95. The van der Waals surface area contributed by atoms with E-state index >= 15 is 0 Å². The molecule has 2 aliphatic carbocycles. The van der Waals surface area contributed by atoms with Crippen molar-refractivity contribution in [1.82, 2.24) is 20.0 Å². The van der Waals surface area contributed by atoms with Gasteiger partial charge in [-0.15, -0.1) is 0 Å². The Kier molecular flexibility index (Phi) is 6.57. The van der Waals surface area contributed by atoms with Crippen molar-refractivity contribution in [3.8, 4) is 0 Å². The van der Waals surface area contributed by atoms with Crippen LogP contribution >= 0.6 is 0 Å². The molecular formula is C25H36N4O. The summed E-state index contributed by atoms with van der Waals surface area (Å²) in [7, 11) is 3.65. The van der Waals surface area contributed by atoms with Crippen LogP contribution in [0, 0.1) is 12.8 Å². The number of nitrogens with zero attached hydrogens (tertiary/aromatic N) is 3. The number of carbonyl (C=O) groups is 1. The summed E-state index contributed by atoms with van der Waals surface area (Å²) in [5.74, 6) is 0.746. The lowest BCUT2D eigenvalue weighted by Crippen LogP contribution is -2.35. The molecule has 2 aliphatic rings. The van der Waals surface area contributed by atoms with Gasteiger partial charge >= 0.3 is 0 Å². The van der Waals surface area contributed by atoms with Gasteiger partial charge in [-0.2, -0.15) is 5.10 Å². The highest BCUT2D eigenvalue weighted by Crippen LogP contribution is 2.30. The van der Waals surface area contributed by atoms with Crippen LogP contribution in [0.15, 0.2) is 24.3 Å². The van der Waals surface area contributed by atoms with Gasteiger partial charge in [0.25, 0.3) is 5.91 Å². The van der Waals surface area contributed by atoms with Crippen LogP contribution in [0.25, 0.3) is 0 Å². The summed E-state index contributed by atoms with van der Waals surface area (Å²) in [5.41, 5.74) is 5.83. The first-order valence-corrected chi connectivity index (χ1v) is 11.6. The molecule has 1 aromatic heterocycles. The number of benzene rings is 1. The normalized spacial score (nSPS) is 19.5. The third-order valence-corrected chi connectivity index (χ3v) is 6.95. The van der Waals surface area contributed by atoms with E-state index in [4.69, 9.17) is 5.10 Å². The maximum absolute atomic E-state index is 12.9. The largest absolute Gasteiger partial charge is 0.343 e. The molecule has 1 aromatic carbocycles. The summed E-state index contributed by atoms with van der Waals surface area (Å²) < 4.78 is 2.19. The molecule has 1 amide bonds. The lowest BCUT2D eigenvalue weighted by molar-refractivity contribution is 0.0819. The Morgan fingerprint density at radius 2 is 1.93 bits per heavy atom. The molecule has 0 bridgehead atoms. The molecule has 5 nitrogen and oxygen atoms in total. The Morgan fingerprint density at radius 3 is 2.67 bits per heavy atom. The van der Waals surface area contributed by atoms with Crippen molar-refractivity contribution >= 4 is 5.91 Å². The minimum absolute atomic E-state index is 0.0354. The molecule has 1 atom stereocenters. The lowest BCUT2D eigenvalue weighted by atomic mass is 9.88. The van der Waals surface area contributed by atoms with Crippen LogP contribution in [-0.4, -0.2) is 40.7 Å². The molecule has 1 fully saturated rings. The lowest BCUT2D eigenvalue weighted by Gasteiger charge is -2.26. The standard InChI is InChI=1S/C25H36N4O/c1-18-9-7-8-12-20(18)16-26-21-13-14-23-22(15-21)24(25(30)28(2)3)27-29(23)17-19-10-5-4-6-11-19/h7-9,12,19,21,26H,4-6,10-11,13-17H2,1-3H3. The topological polar surface area (TPSA) is 50.2 Å². The van der Waals surface area contributed by atoms with Gasteiger partial charge in [0, 0.05) is 44.5 Å². The number of aromatic nitrogens is 2. The highest BCUT2D eigenvalue weighted by Gasteiger charge is 2.30. The summed E-state index contributed by atoms with van der Waals surface area (Å²) in [6.45, 7) is 4.02. The van der Waals surface area contributed by atoms with Crippen molar-refractivity contribution in [3.63, 3.8) is 0 Å². The number of carbonyl (C=O) groups excluding carboxylic acids is 1. The molecular weight excluding hydrogens is 372 g/mol. The van der Waals surface area contributed by atoms with E-state index in [0.29, 0.717) is 17.7 Å². The average molecular weight is 409 g/mol. The number of rotatable bonds is 6. The van der Waals surface area contributed by atoms with Crippen molar-refractivity contribution in [1.29, 1.82) is 0 Å². The first-order valence-electron chi connectivity index (χ1n) is 11.6. The van der Waals surface area contributed by atoms with Crippen molar-refractivity contribution in [2.45, 2.75) is 77.4 Å². The van der Waals surface area contributed by atoms with E-state index in [9.17, 15) is 4.79 Å². The Morgan fingerprint density at radius 1 is 1.17 bits per heavy atom. The zero-order valence-electron chi connectivity index (χ0n) is 18.8. The monoisotopic (exact) mass is 408 g/mol. The molecule has 0 spiro atoms. The molecule has 0 saturated heterocycles. The SMILES string of the molecule is Cc1ccccc1CNC1CCc2c(c(C(=O)N(C)C)nn2CC2CCCCC2)C1. The van der Waals surface area contributed by atoms with E-state index in [-0.39, 0.29) is 5.91 Å². The first-order chi connectivity index (χ1) is 14.5. The Balaban J connectivity index is 1.52. The molecule has 1 unspecified atom stereocenters. The molecule has 30 heavy (non-hydrogen) atoms. The summed E-state index contributed by atoms with van der Waals surface area (Å²) >= 11 is 0. The fourth-order valence-electron chi connectivity index (χ4n) is 5.07. The number of amides is 1. The minimum atomic E-state index is 0.0354. The van der Waals surface area contributed by atoms with Gasteiger partial charge in [-0.1, -0.05) is 43.5 Å². The second kappa shape index (κ2) is 9.34. The summed E-state index contributed by atoms with van der Waals surface area (Å²) in [6, 6.07) is 8.94. The average Bonchev–Trinajstić information content (AvgIpc) is 3.11. The molecule has 5 heteroatoms. The number of hydrogen-bond acceptors (Lipinski definition) is 3. The molecule has 0 radical (unpaired) electrons. The highest BCUT2D eigenvalue weighted by atomic mass is 16.2. The second-order valence-corrected chi connectivity index (χ2v) is 9.41. The second-order valence-electron chi connectivity index (χ2n) is 9.41. The van der Waals surface area contributed by atoms with E-state index in [0.717, 1.165) is 32.4 Å². The van der Waals surface area contributed by atoms with Crippen LogP contribution in [0.2, 0.25) is 0 Å². The Labute approximate surface area is 180 Å². The van der Waals surface area contributed by atoms with Gasteiger partial charge in [0.15, 0.2) is 5.69 Å².